The third-order valence-electron chi connectivity index (χ3n) is 4.39. The van der Waals surface area contributed by atoms with Crippen LogP contribution in [0.5, 0.6) is 0 Å². The highest BCUT2D eigenvalue weighted by Gasteiger charge is 2.51. The van der Waals surface area contributed by atoms with E-state index < -0.39 is 36.4 Å². The van der Waals surface area contributed by atoms with Crippen molar-refractivity contribution in [2.45, 2.75) is 49.3 Å². The van der Waals surface area contributed by atoms with Crippen LogP contribution in [0.15, 0.2) is 0 Å². The van der Waals surface area contributed by atoms with Crippen LogP contribution in [-0.2, 0) is 23.8 Å². The van der Waals surface area contributed by atoms with Crippen molar-refractivity contribution in [1.82, 2.24) is 10.6 Å². The molecule has 0 radical (unpaired) electrons. The third kappa shape index (κ3) is 5.33. The zero-order chi connectivity index (χ0) is 19.0. The molecule has 1 saturated carbocycles. The van der Waals surface area contributed by atoms with Crippen molar-refractivity contribution in [3.63, 3.8) is 0 Å². The quantitative estimate of drug-likeness (QED) is 0.291. The summed E-state index contributed by atoms with van der Waals surface area (Å²) >= 11 is 0. The first-order valence-corrected chi connectivity index (χ1v) is 8.27. The number of amides is 2. The highest BCUT2D eigenvalue weighted by atomic mass is 16.5. The normalized spacial score (nSPS) is 32.2. The summed E-state index contributed by atoms with van der Waals surface area (Å²) in [5.41, 5.74) is 17.1. The van der Waals surface area contributed by atoms with E-state index in [1.165, 1.54) is 21.3 Å². The van der Waals surface area contributed by atoms with E-state index in [1.54, 1.807) is 0 Å². The SMILES string of the molecule is COC1[C@@H](NC(=O)CCN)[C@@H](OC)C(N)[C@@H](OC)[C@H]1NC(=O)CCN. The summed E-state index contributed by atoms with van der Waals surface area (Å²) in [4.78, 5) is 24.1. The van der Waals surface area contributed by atoms with E-state index in [0.717, 1.165) is 0 Å². The van der Waals surface area contributed by atoms with E-state index in [2.05, 4.69) is 10.6 Å². The van der Waals surface area contributed by atoms with Gasteiger partial charge in [-0.25, -0.2) is 0 Å². The van der Waals surface area contributed by atoms with Crippen molar-refractivity contribution < 1.29 is 23.8 Å². The molecule has 146 valence electrons. The molecule has 10 nitrogen and oxygen atoms in total. The first-order chi connectivity index (χ1) is 11.9. The maximum atomic E-state index is 12.0. The van der Waals surface area contributed by atoms with Crippen molar-refractivity contribution >= 4 is 11.8 Å². The van der Waals surface area contributed by atoms with Crippen LogP contribution in [0.4, 0.5) is 0 Å². The summed E-state index contributed by atoms with van der Waals surface area (Å²) in [6.07, 6.45) is -1.38. The molecule has 0 aromatic carbocycles. The second kappa shape index (κ2) is 10.6. The Morgan fingerprint density at radius 3 is 1.44 bits per heavy atom. The first-order valence-electron chi connectivity index (χ1n) is 8.27. The molecule has 0 aromatic rings. The zero-order valence-corrected chi connectivity index (χ0v) is 15.1. The third-order valence-corrected chi connectivity index (χ3v) is 4.39. The van der Waals surface area contributed by atoms with Crippen LogP contribution < -0.4 is 27.8 Å². The highest BCUT2D eigenvalue weighted by molar-refractivity contribution is 5.77. The van der Waals surface area contributed by atoms with E-state index in [4.69, 9.17) is 31.4 Å². The van der Waals surface area contributed by atoms with Crippen molar-refractivity contribution in [1.29, 1.82) is 0 Å². The molecule has 2 unspecified atom stereocenters. The van der Waals surface area contributed by atoms with Crippen LogP contribution in [0.1, 0.15) is 12.8 Å². The number of rotatable bonds is 9. The Kier molecular flexibility index (Phi) is 9.25. The Bertz CT molecular complexity index is 403. The van der Waals surface area contributed by atoms with Gasteiger partial charge in [0.2, 0.25) is 11.8 Å². The van der Waals surface area contributed by atoms with Crippen molar-refractivity contribution in [3.05, 3.63) is 0 Å². The molecule has 1 rings (SSSR count). The van der Waals surface area contributed by atoms with Crippen molar-refractivity contribution in [2.24, 2.45) is 17.2 Å². The Morgan fingerprint density at radius 1 is 0.800 bits per heavy atom. The standard InChI is InChI=1S/C15H31N5O5/c1-23-13-10(18)14(24-2)12(20-9(22)5-7-17)15(25-3)11(13)19-8(21)4-6-16/h10-15H,4-7,16-18H2,1-3H3,(H,19,21)(H,20,22)/t10?,11-,12+,13-,14+,15?. The van der Waals surface area contributed by atoms with Crippen LogP contribution in [0.3, 0.4) is 0 Å². The topological polar surface area (TPSA) is 164 Å². The number of carbonyl (C=O) groups excluding carboxylic acids is 2. The van der Waals surface area contributed by atoms with Gasteiger partial charge in [0.1, 0.15) is 6.10 Å². The summed E-state index contributed by atoms with van der Waals surface area (Å²) in [6, 6.07) is -1.73. The Morgan fingerprint density at radius 2 is 1.16 bits per heavy atom. The molecular formula is C15H31N5O5. The molecule has 0 aromatic heterocycles. The smallest absolute Gasteiger partial charge is 0.221 e. The molecule has 6 atom stereocenters. The molecule has 25 heavy (non-hydrogen) atoms. The number of hydrogen-bond donors (Lipinski definition) is 5. The first kappa shape index (κ1) is 21.7. The maximum absolute atomic E-state index is 12.0. The minimum Gasteiger partial charge on any atom is -0.377 e. The van der Waals surface area contributed by atoms with E-state index in [-0.39, 0.29) is 37.7 Å². The highest BCUT2D eigenvalue weighted by Crippen LogP contribution is 2.26. The van der Waals surface area contributed by atoms with Gasteiger partial charge in [0.15, 0.2) is 0 Å². The maximum Gasteiger partial charge on any atom is 0.221 e. The summed E-state index contributed by atoms with van der Waals surface area (Å²) in [5.74, 6) is -0.488. The summed E-state index contributed by atoms with van der Waals surface area (Å²) in [5, 5.41) is 5.70. The fourth-order valence-electron chi connectivity index (χ4n) is 3.27. The van der Waals surface area contributed by atoms with Crippen LogP contribution in [0, 0.1) is 0 Å². The number of methoxy groups -OCH3 is 3. The number of ether oxygens (including phenoxy) is 3. The average molecular weight is 361 g/mol. The van der Waals surface area contributed by atoms with Crippen LogP contribution >= 0.6 is 0 Å². The molecule has 8 N–H and O–H groups in total. The predicted octanol–water partition coefficient (Wildman–Crippen LogP) is -2.96. The van der Waals surface area contributed by atoms with Gasteiger partial charge in [0.25, 0.3) is 0 Å². The molecular weight excluding hydrogens is 330 g/mol. The lowest BCUT2D eigenvalue weighted by atomic mass is 9.79. The molecule has 0 aliphatic heterocycles. The molecule has 1 aliphatic rings. The van der Waals surface area contributed by atoms with Gasteiger partial charge in [-0.1, -0.05) is 0 Å². The molecule has 1 aliphatic carbocycles. The monoisotopic (exact) mass is 361 g/mol. The number of nitrogens with two attached hydrogens (primary N) is 3. The minimum absolute atomic E-state index is 0.163. The van der Waals surface area contributed by atoms with E-state index in [0.29, 0.717) is 0 Å². The molecule has 0 heterocycles. The molecule has 1 fully saturated rings. The fourth-order valence-corrected chi connectivity index (χ4v) is 3.27. The van der Waals surface area contributed by atoms with Gasteiger partial charge in [-0.15, -0.1) is 0 Å². The van der Waals surface area contributed by atoms with Gasteiger partial charge in [0.05, 0.1) is 30.3 Å². The minimum atomic E-state index is -0.599. The largest absolute Gasteiger partial charge is 0.377 e. The van der Waals surface area contributed by atoms with Crippen molar-refractivity contribution in [2.75, 3.05) is 34.4 Å². The second-order valence-corrected chi connectivity index (χ2v) is 5.94. The molecule has 10 heteroatoms. The fraction of sp³-hybridized carbons (Fsp3) is 0.867. The lowest BCUT2D eigenvalue weighted by Crippen LogP contribution is -2.74. The van der Waals surface area contributed by atoms with E-state index in [1.807, 2.05) is 0 Å². The Hall–Kier alpha value is -1.30. The zero-order valence-electron chi connectivity index (χ0n) is 15.1. The van der Waals surface area contributed by atoms with Crippen LogP contribution in [0.25, 0.3) is 0 Å². The molecule has 0 saturated heterocycles. The second-order valence-electron chi connectivity index (χ2n) is 5.94. The molecule has 2 amide bonds. The Balaban J connectivity index is 3.10. The van der Waals surface area contributed by atoms with E-state index >= 15 is 0 Å². The summed E-state index contributed by atoms with van der Waals surface area (Å²) in [6.45, 7) is 0.439. The Labute approximate surface area is 148 Å². The van der Waals surface area contributed by atoms with Gasteiger partial charge >= 0.3 is 0 Å². The van der Waals surface area contributed by atoms with E-state index in [9.17, 15) is 9.59 Å². The van der Waals surface area contributed by atoms with Crippen LogP contribution in [0.2, 0.25) is 0 Å². The lowest BCUT2D eigenvalue weighted by molar-refractivity contribution is -0.144. The summed E-state index contributed by atoms with van der Waals surface area (Å²) < 4.78 is 16.6. The molecule has 0 bridgehead atoms. The van der Waals surface area contributed by atoms with Gasteiger partial charge in [0, 0.05) is 47.3 Å². The predicted molar refractivity (Wildman–Crippen MR) is 91.6 cm³/mol. The number of nitrogens with one attached hydrogen (secondary N) is 2. The van der Waals surface area contributed by atoms with Gasteiger partial charge in [-0.3, -0.25) is 9.59 Å². The van der Waals surface area contributed by atoms with Gasteiger partial charge in [-0.05, 0) is 0 Å². The summed E-state index contributed by atoms with van der Waals surface area (Å²) in [7, 11) is 4.49. The van der Waals surface area contributed by atoms with Gasteiger partial charge < -0.3 is 42.0 Å². The lowest BCUT2D eigenvalue weighted by Gasteiger charge is -2.48. The number of hydrogen-bond acceptors (Lipinski definition) is 8. The molecule has 0 spiro atoms. The van der Waals surface area contributed by atoms with Crippen LogP contribution in [-0.4, -0.2) is 82.7 Å². The number of carbonyl (C=O) groups is 2. The van der Waals surface area contributed by atoms with Crippen molar-refractivity contribution in [3.8, 4) is 0 Å². The van der Waals surface area contributed by atoms with Gasteiger partial charge in [-0.2, -0.15) is 0 Å². The average Bonchev–Trinajstić information content (AvgIpc) is 2.56.